The number of benzene rings is 1. The summed E-state index contributed by atoms with van der Waals surface area (Å²) in [5.74, 6) is -2.31. The fourth-order valence-corrected chi connectivity index (χ4v) is 1.45. The van der Waals surface area contributed by atoms with Gasteiger partial charge in [0.15, 0.2) is 0 Å². The van der Waals surface area contributed by atoms with Gasteiger partial charge in [0.05, 0.1) is 11.3 Å². The average Bonchev–Trinajstić information content (AvgIpc) is 2.44. The highest BCUT2D eigenvalue weighted by Crippen LogP contribution is 2.12. The molecule has 1 aromatic rings. The zero-order chi connectivity index (χ0) is 16.7. The van der Waals surface area contributed by atoms with E-state index in [9.17, 15) is 24.5 Å². The third-order valence-corrected chi connectivity index (χ3v) is 2.51. The van der Waals surface area contributed by atoms with Gasteiger partial charge in [0.25, 0.3) is 5.69 Å². The number of nitrogens with one attached hydrogen (secondary N) is 1. The molecule has 0 unspecified atom stereocenters. The average molecular weight is 311 g/mol. The van der Waals surface area contributed by atoms with Crippen molar-refractivity contribution in [2.75, 3.05) is 0 Å². The molecular formula is C12H13N3O7. The molecule has 0 aliphatic carbocycles. The molecule has 118 valence electrons. The van der Waals surface area contributed by atoms with Crippen molar-refractivity contribution in [2.24, 2.45) is 5.73 Å². The van der Waals surface area contributed by atoms with Crippen LogP contribution in [0.3, 0.4) is 0 Å². The Balaban J connectivity index is 2.52. The normalized spacial score (nSPS) is 11.3. The Morgan fingerprint density at radius 3 is 2.36 bits per heavy atom. The molecule has 1 atom stereocenters. The Morgan fingerprint density at radius 1 is 1.32 bits per heavy atom. The van der Waals surface area contributed by atoms with Crippen LogP contribution in [0.1, 0.15) is 12.0 Å². The molecule has 10 nitrogen and oxygen atoms in total. The number of nitro benzene ring substituents is 1. The van der Waals surface area contributed by atoms with Crippen LogP contribution in [0.25, 0.3) is 0 Å². The standard InChI is InChI=1S/C12H13N3O7/c13-10(16)5-9(11(17)18)14-12(19)22-6-7-1-3-8(4-2-7)15(20)21/h1-4,9H,5-6H2,(H2,13,16)(H,14,19)(H,17,18)/t9-/m0/s1. The fraction of sp³-hybridized carbons (Fsp3) is 0.250. The minimum absolute atomic E-state index is 0.111. The number of primary amides is 1. The van der Waals surface area contributed by atoms with Gasteiger partial charge in [0.1, 0.15) is 12.6 Å². The SMILES string of the molecule is NC(=O)C[C@H](NC(=O)OCc1ccc([N+](=O)[O-])cc1)C(=O)O. The second-order valence-corrected chi connectivity index (χ2v) is 4.21. The summed E-state index contributed by atoms with van der Waals surface area (Å²) in [7, 11) is 0. The van der Waals surface area contributed by atoms with Gasteiger partial charge in [-0.05, 0) is 17.7 Å². The van der Waals surface area contributed by atoms with Crippen molar-refractivity contribution in [3.63, 3.8) is 0 Å². The van der Waals surface area contributed by atoms with Crippen LogP contribution in [0, 0.1) is 10.1 Å². The molecule has 2 amide bonds. The maximum Gasteiger partial charge on any atom is 0.408 e. The molecule has 0 saturated carbocycles. The summed E-state index contributed by atoms with van der Waals surface area (Å²) in [6.07, 6.45) is -1.62. The van der Waals surface area contributed by atoms with E-state index in [2.05, 4.69) is 0 Å². The second-order valence-electron chi connectivity index (χ2n) is 4.21. The first-order chi connectivity index (χ1) is 10.3. The van der Waals surface area contributed by atoms with Crippen LogP contribution >= 0.6 is 0 Å². The van der Waals surface area contributed by atoms with Gasteiger partial charge in [0, 0.05) is 12.1 Å². The molecule has 4 N–H and O–H groups in total. The number of rotatable bonds is 7. The van der Waals surface area contributed by atoms with E-state index in [-0.39, 0.29) is 12.3 Å². The molecule has 10 heteroatoms. The molecule has 0 aromatic heterocycles. The number of ether oxygens (including phenoxy) is 1. The van der Waals surface area contributed by atoms with Crippen LogP contribution in [-0.4, -0.2) is 34.0 Å². The highest BCUT2D eigenvalue weighted by Gasteiger charge is 2.22. The van der Waals surface area contributed by atoms with Gasteiger partial charge in [-0.15, -0.1) is 0 Å². The number of nitrogens with two attached hydrogens (primary N) is 1. The van der Waals surface area contributed by atoms with Crippen molar-refractivity contribution >= 4 is 23.7 Å². The molecule has 0 heterocycles. The Kier molecular flexibility index (Phi) is 5.81. The number of hydrogen-bond donors (Lipinski definition) is 3. The van der Waals surface area contributed by atoms with Crippen molar-refractivity contribution in [1.29, 1.82) is 0 Å². The Labute approximate surface area is 124 Å². The molecule has 0 bridgehead atoms. The first kappa shape index (κ1) is 16.9. The number of carboxylic acids is 1. The fourth-order valence-electron chi connectivity index (χ4n) is 1.45. The predicted octanol–water partition coefficient (Wildman–Crippen LogP) is 0.150. The Hall–Kier alpha value is -3.17. The number of carbonyl (C=O) groups is 3. The lowest BCUT2D eigenvalue weighted by atomic mass is 10.2. The first-order valence-electron chi connectivity index (χ1n) is 5.97. The van der Waals surface area contributed by atoms with Crippen molar-refractivity contribution in [2.45, 2.75) is 19.1 Å². The lowest BCUT2D eigenvalue weighted by molar-refractivity contribution is -0.384. The highest BCUT2D eigenvalue weighted by molar-refractivity contribution is 5.86. The van der Waals surface area contributed by atoms with Gasteiger partial charge in [-0.2, -0.15) is 0 Å². The number of nitrogens with zero attached hydrogens (tertiary/aromatic N) is 1. The van der Waals surface area contributed by atoms with E-state index in [1.54, 1.807) is 0 Å². The summed E-state index contributed by atoms with van der Waals surface area (Å²) in [5, 5.41) is 21.2. The maximum absolute atomic E-state index is 11.4. The van der Waals surface area contributed by atoms with E-state index in [0.717, 1.165) is 0 Å². The minimum Gasteiger partial charge on any atom is -0.480 e. The summed E-state index contributed by atoms with van der Waals surface area (Å²) >= 11 is 0. The molecule has 0 saturated heterocycles. The van der Waals surface area contributed by atoms with E-state index < -0.39 is 35.4 Å². The predicted molar refractivity (Wildman–Crippen MR) is 71.7 cm³/mol. The maximum atomic E-state index is 11.4. The number of carboxylic acid groups (broad SMARTS) is 1. The Morgan fingerprint density at radius 2 is 1.91 bits per heavy atom. The number of amides is 2. The summed E-state index contributed by atoms with van der Waals surface area (Å²) in [6, 6.07) is 3.78. The molecule has 0 spiro atoms. The van der Waals surface area contributed by atoms with Crippen molar-refractivity contribution in [3.05, 3.63) is 39.9 Å². The van der Waals surface area contributed by atoms with E-state index in [1.165, 1.54) is 24.3 Å². The van der Waals surface area contributed by atoms with Gasteiger partial charge < -0.3 is 20.9 Å². The molecule has 0 aliphatic heterocycles. The van der Waals surface area contributed by atoms with Gasteiger partial charge in [-0.25, -0.2) is 9.59 Å². The number of alkyl carbamates (subject to hydrolysis) is 1. The smallest absolute Gasteiger partial charge is 0.408 e. The van der Waals surface area contributed by atoms with E-state index in [1.807, 2.05) is 5.32 Å². The molecule has 0 radical (unpaired) electrons. The number of carbonyl (C=O) groups excluding carboxylic acids is 2. The summed E-state index contributed by atoms with van der Waals surface area (Å²) < 4.78 is 4.76. The Bertz CT molecular complexity index is 585. The molecule has 1 rings (SSSR count). The number of non-ortho nitro benzene ring substituents is 1. The third kappa shape index (κ3) is 5.45. The van der Waals surface area contributed by atoms with E-state index in [0.29, 0.717) is 5.56 Å². The minimum atomic E-state index is -1.48. The van der Waals surface area contributed by atoms with E-state index >= 15 is 0 Å². The van der Waals surface area contributed by atoms with Crippen LogP contribution in [-0.2, 0) is 20.9 Å². The van der Waals surface area contributed by atoms with Crippen molar-refractivity contribution in [3.8, 4) is 0 Å². The monoisotopic (exact) mass is 311 g/mol. The zero-order valence-electron chi connectivity index (χ0n) is 11.2. The van der Waals surface area contributed by atoms with Crippen molar-refractivity contribution < 1.29 is 29.2 Å². The summed E-state index contributed by atoms with van der Waals surface area (Å²) in [5.41, 5.74) is 5.23. The third-order valence-electron chi connectivity index (χ3n) is 2.51. The van der Waals surface area contributed by atoms with E-state index in [4.69, 9.17) is 15.6 Å². The lowest BCUT2D eigenvalue weighted by Gasteiger charge is -2.12. The van der Waals surface area contributed by atoms with Crippen LogP contribution in [0.5, 0.6) is 0 Å². The van der Waals surface area contributed by atoms with Gasteiger partial charge in [-0.3, -0.25) is 14.9 Å². The van der Waals surface area contributed by atoms with Crippen molar-refractivity contribution in [1.82, 2.24) is 5.32 Å². The summed E-state index contributed by atoms with van der Waals surface area (Å²) in [4.78, 5) is 42.8. The number of hydrogen-bond acceptors (Lipinski definition) is 6. The van der Waals surface area contributed by atoms with Gasteiger partial charge in [0.2, 0.25) is 5.91 Å². The first-order valence-corrected chi connectivity index (χ1v) is 5.97. The molecule has 1 aromatic carbocycles. The topological polar surface area (TPSA) is 162 Å². The van der Waals surface area contributed by atoms with Crippen LogP contribution < -0.4 is 11.1 Å². The van der Waals surface area contributed by atoms with Gasteiger partial charge >= 0.3 is 12.1 Å². The van der Waals surface area contributed by atoms with Crippen LogP contribution in [0.15, 0.2) is 24.3 Å². The largest absolute Gasteiger partial charge is 0.480 e. The zero-order valence-corrected chi connectivity index (χ0v) is 11.2. The van der Waals surface area contributed by atoms with Crippen LogP contribution in [0.2, 0.25) is 0 Å². The lowest BCUT2D eigenvalue weighted by Crippen LogP contribution is -2.43. The second kappa shape index (κ2) is 7.57. The highest BCUT2D eigenvalue weighted by atomic mass is 16.6. The molecular weight excluding hydrogens is 298 g/mol. The number of nitro groups is 1. The summed E-state index contributed by atoms with van der Waals surface area (Å²) in [6.45, 7) is -0.216. The molecule has 0 aliphatic rings. The quantitative estimate of drug-likeness (QED) is 0.476. The van der Waals surface area contributed by atoms with Gasteiger partial charge in [-0.1, -0.05) is 0 Å². The molecule has 0 fully saturated rings. The van der Waals surface area contributed by atoms with Crippen LogP contribution in [0.4, 0.5) is 10.5 Å². The number of aliphatic carboxylic acids is 1. The molecule has 22 heavy (non-hydrogen) atoms.